The van der Waals surface area contributed by atoms with Gasteiger partial charge in [0, 0.05) is 20.1 Å². The van der Waals surface area contributed by atoms with E-state index < -0.39 is 6.10 Å². The number of aromatic nitrogens is 1. The number of nitrogens with zero attached hydrogens (tertiary/aromatic N) is 3. The van der Waals surface area contributed by atoms with Crippen LogP contribution in [-0.2, 0) is 4.79 Å². The van der Waals surface area contributed by atoms with E-state index >= 15 is 0 Å². The number of anilines is 1. The molecule has 1 N–H and O–H groups in total. The summed E-state index contributed by atoms with van der Waals surface area (Å²) < 4.78 is 0. The van der Waals surface area contributed by atoms with Crippen LogP contribution in [0.3, 0.4) is 0 Å². The van der Waals surface area contributed by atoms with Gasteiger partial charge in [-0.25, -0.2) is 0 Å². The van der Waals surface area contributed by atoms with Gasteiger partial charge in [-0.05, 0) is 31.4 Å². The standard InChI is InChI=1S/C15H23N3O2/c1-3-14(19)13-7-6-12(10-16-13)17(2)11-15(20)18-8-4-5-9-18/h6-7,10,14,19H,3-5,8-9,11H2,1-2H3/t14-/m0/s1. The van der Waals surface area contributed by atoms with E-state index in [4.69, 9.17) is 0 Å². The first-order valence-corrected chi connectivity index (χ1v) is 7.24. The second-order valence-corrected chi connectivity index (χ2v) is 5.31. The molecule has 1 amide bonds. The molecule has 0 aliphatic carbocycles. The van der Waals surface area contributed by atoms with Crippen molar-refractivity contribution in [2.24, 2.45) is 0 Å². The third kappa shape index (κ3) is 3.48. The number of carbonyl (C=O) groups excluding carboxylic acids is 1. The lowest BCUT2D eigenvalue weighted by Gasteiger charge is -2.22. The van der Waals surface area contributed by atoms with E-state index in [-0.39, 0.29) is 5.91 Å². The van der Waals surface area contributed by atoms with E-state index in [2.05, 4.69) is 4.98 Å². The first kappa shape index (κ1) is 14.8. The molecular weight excluding hydrogens is 254 g/mol. The molecule has 2 heterocycles. The highest BCUT2D eigenvalue weighted by Crippen LogP contribution is 2.18. The minimum atomic E-state index is -0.513. The second-order valence-electron chi connectivity index (χ2n) is 5.31. The largest absolute Gasteiger partial charge is 0.387 e. The molecule has 1 fully saturated rings. The van der Waals surface area contributed by atoms with Gasteiger partial charge in [0.25, 0.3) is 0 Å². The molecule has 0 spiro atoms. The van der Waals surface area contributed by atoms with Crippen LogP contribution < -0.4 is 4.90 Å². The van der Waals surface area contributed by atoms with E-state index in [9.17, 15) is 9.90 Å². The summed E-state index contributed by atoms with van der Waals surface area (Å²) in [6.07, 6.45) is 4.07. The lowest BCUT2D eigenvalue weighted by Crippen LogP contribution is -2.37. The van der Waals surface area contributed by atoms with Gasteiger partial charge in [-0.15, -0.1) is 0 Å². The number of amides is 1. The fraction of sp³-hybridized carbons (Fsp3) is 0.600. The molecule has 0 saturated carbocycles. The predicted molar refractivity (Wildman–Crippen MR) is 78.6 cm³/mol. The van der Waals surface area contributed by atoms with Crippen LogP contribution in [0.1, 0.15) is 38.0 Å². The van der Waals surface area contributed by atoms with Crippen LogP contribution in [0.25, 0.3) is 0 Å². The van der Waals surface area contributed by atoms with Gasteiger partial charge in [-0.1, -0.05) is 6.92 Å². The number of aliphatic hydroxyl groups is 1. The highest BCUT2D eigenvalue weighted by atomic mass is 16.3. The molecule has 110 valence electrons. The van der Waals surface area contributed by atoms with Crippen molar-refractivity contribution in [3.63, 3.8) is 0 Å². The fourth-order valence-corrected chi connectivity index (χ4v) is 2.39. The molecule has 1 atom stereocenters. The Balaban J connectivity index is 1.94. The molecule has 20 heavy (non-hydrogen) atoms. The van der Waals surface area contributed by atoms with Gasteiger partial charge in [0.1, 0.15) is 0 Å². The van der Waals surface area contributed by atoms with Crippen molar-refractivity contribution < 1.29 is 9.90 Å². The first-order valence-electron chi connectivity index (χ1n) is 7.24. The summed E-state index contributed by atoms with van der Waals surface area (Å²) in [5.74, 6) is 0.169. The molecule has 0 aromatic carbocycles. The molecular formula is C15H23N3O2. The van der Waals surface area contributed by atoms with Crippen molar-refractivity contribution in [3.05, 3.63) is 24.0 Å². The Bertz CT molecular complexity index is 441. The van der Waals surface area contributed by atoms with Crippen LogP contribution in [0.5, 0.6) is 0 Å². The zero-order valence-corrected chi connectivity index (χ0v) is 12.2. The van der Waals surface area contributed by atoms with Crippen molar-refractivity contribution in [2.45, 2.75) is 32.3 Å². The SMILES string of the molecule is CC[C@H](O)c1ccc(N(C)CC(=O)N2CCCC2)cn1. The molecule has 0 radical (unpaired) electrons. The Kier molecular flexibility index (Phi) is 4.95. The highest BCUT2D eigenvalue weighted by molar-refractivity contribution is 5.81. The van der Waals surface area contributed by atoms with E-state index in [0.717, 1.165) is 31.6 Å². The van der Waals surface area contributed by atoms with Crippen LogP contribution in [0.15, 0.2) is 18.3 Å². The molecule has 2 rings (SSSR count). The van der Waals surface area contributed by atoms with Gasteiger partial charge in [0.2, 0.25) is 5.91 Å². The van der Waals surface area contributed by atoms with Gasteiger partial charge in [-0.2, -0.15) is 0 Å². The summed E-state index contributed by atoms with van der Waals surface area (Å²) in [5, 5.41) is 9.71. The summed E-state index contributed by atoms with van der Waals surface area (Å²) in [4.78, 5) is 20.1. The van der Waals surface area contributed by atoms with Gasteiger partial charge in [0.15, 0.2) is 0 Å². The van der Waals surface area contributed by atoms with E-state index in [1.54, 1.807) is 6.20 Å². The molecule has 1 aliphatic rings. The Hall–Kier alpha value is -1.62. The average molecular weight is 277 g/mol. The Morgan fingerprint density at radius 2 is 2.15 bits per heavy atom. The summed E-state index contributed by atoms with van der Waals surface area (Å²) in [6.45, 7) is 4.05. The summed E-state index contributed by atoms with van der Waals surface area (Å²) >= 11 is 0. The molecule has 5 nitrogen and oxygen atoms in total. The second kappa shape index (κ2) is 6.70. The number of rotatable bonds is 5. The number of pyridine rings is 1. The Morgan fingerprint density at radius 3 is 2.70 bits per heavy atom. The van der Waals surface area contributed by atoms with Crippen molar-refractivity contribution in [3.8, 4) is 0 Å². The maximum atomic E-state index is 12.1. The molecule has 5 heteroatoms. The van der Waals surface area contributed by atoms with Crippen molar-refractivity contribution in [1.29, 1.82) is 0 Å². The van der Waals surface area contributed by atoms with Crippen molar-refractivity contribution in [2.75, 3.05) is 31.6 Å². The monoisotopic (exact) mass is 277 g/mol. The lowest BCUT2D eigenvalue weighted by atomic mass is 10.2. The number of carbonyl (C=O) groups is 1. The minimum absolute atomic E-state index is 0.169. The van der Waals surface area contributed by atoms with Crippen LogP contribution >= 0.6 is 0 Å². The van der Waals surface area contributed by atoms with Gasteiger partial charge < -0.3 is 14.9 Å². The third-order valence-corrected chi connectivity index (χ3v) is 3.77. The van der Waals surface area contributed by atoms with Crippen LogP contribution in [-0.4, -0.2) is 47.6 Å². The number of likely N-dealkylation sites (N-methyl/N-ethyl adjacent to an activating group) is 1. The fourth-order valence-electron chi connectivity index (χ4n) is 2.39. The molecule has 1 aromatic rings. The van der Waals surface area contributed by atoms with E-state index in [1.165, 1.54) is 0 Å². The number of hydrogen-bond donors (Lipinski definition) is 1. The minimum Gasteiger partial charge on any atom is -0.387 e. The van der Waals surface area contributed by atoms with E-state index in [1.807, 2.05) is 35.9 Å². The van der Waals surface area contributed by atoms with Crippen molar-refractivity contribution >= 4 is 11.6 Å². The third-order valence-electron chi connectivity index (χ3n) is 3.77. The quantitative estimate of drug-likeness (QED) is 0.888. The average Bonchev–Trinajstić information content (AvgIpc) is 3.01. The van der Waals surface area contributed by atoms with Crippen LogP contribution in [0.4, 0.5) is 5.69 Å². The number of hydrogen-bond acceptors (Lipinski definition) is 4. The first-order chi connectivity index (χ1) is 9.61. The van der Waals surface area contributed by atoms with Gasteiger partial charge in [-0.3, -0.25) is 9.78 Å². The van der Waals surface area contributed by atoms with Crippen LogP contribution in [0.2, 0.25) is 0 Å². The zero-order valence-electron chi connectivity index (χ0n) is 12.2. The smallest absolute Gasteiger partial charge is 0.242 e. The predicted octanol–water partition coefficient (Wildman–Crippen LogP) is 1.58. The molecule has 1 aromatic heterocycles. The normalized spacial score (nSPS) is 16.2. The van der Waals surface area contributed by atoms with Crippen molar-refractivity contribution in [1.82, 2.24) is 9.88 Å². The van der Waals surface area contributed by atoms with E-state index in [0.29, 0.717) is 18.7 Å². The zero-order chi connectivity index (χ0) is 14.5. The molecule has 0 unspecified atom stereocenters. The van der Waals surface area contributed by atoms with Crippen LogP contribution in [0, 0.1) is 0 Å². The number of likely N-dealkylation sites (tertiary alicyclic amines) is 1. The topological polar surface area (TPSA) is 56.7 Å². The molecule has 0 bridgehead atoms. The summed E-state index contributed by atoms with van der Waals surface area (Å²) in [7, 11) is 1.89. The molecule has 1 saturated heterocycles. The van der Waals surface area contributed by atoms with Gasteiger partial charge in [0.05, 0.1) is 30.2 Å². The Morgan fingerprint density at radius 1 is 1.45 bits per heavy atom. The summed E-state index contributed by atoms with van der Waals surface area (Å²) in [6, 6.07) is 3.72. The maximum absolute atomic E-state index is 12.1. The summed E-state index contributed by atoms with van der Waals surface area (Å²) in [5.41, 5.74) is 1.57. The number of aliphatic hydroxyl groups excluding tert-OH is 1. The molecule has 1 aliphatic heterocycles. The van der Waals surface area contributed by atoms with Gasteiger partial charge >= 0.3 is 0 Å². The highest BCUT2D eigenvalue weighted by Gasteiger charge is 2.19. The maximum Gasteiger partial charge on any atom is 0.242 e. The lowest BCUT2D eigenvalue weighted by molar-refractivity contribution is -0.128. The Labute approximate surface area is 120 Å².